The Balaban J connectivity index is 3.39. The lowest BCUT2D eigenvalue weighted by Gasteiger charge is -2.18. The summed E-state index contributed by atoms with van der Waals surface area (Å²) in [6.45, 7) is 1.44. The van der Waals surface area contributed by atoms with Crippen LogP contribution in [0.5, 0.6) is 0 Å². The molecule has 0 saturated carbocycles. The highest BCUT2D eigenvalue weighted by Crippen LogP contribution is 2.29. The summed E-state index contributed by atoms with van der Waals surface area (Å²) in [5.41, 5.74) is -2.14. The Bertz CT molecular complexity index is 497. The molecule has 0 heterocycles. The molecule has 6 nitrogen and oxygen atoms in total. The van der Waals surface area contributed by atoms with Crippen LogP contribution in [0.15, 0.2) is 35.5 Å². The Hall–Kier alpha value is -2.37. The molecule has 18 heavy (non-hydrogen) atoms. The average Bonchev–Trinajstić information content (AvgIpc) is 2.48. The first-order chi connectivity index (χ1) is 8.31. The molecular weight excluding hydrogens is 240 g/mol. The SMILES string of the molecule is COC(=O)C1(C)C=CC=C(C(=O)O)C(C(=O)O)=C1. The molecule has 96 valence electrons. The second-order valence-corrected chi connectivity index (χ2v) is 3.88. The molecule has 0 aromatic heterocycles. The van der Waals surface area contributed by atoms with Crippen LogP contribution >= 0.6 is 0 Å². The largest absolute Gasteiger partial charge is 0.478 e. The number of rotatable bonds is 3. The van der Waals surface area contributed by atoms with Crippen molar-refractivity contribution < 1.29 is 29.3 Å². The Labute approximate surface area is 103 Å². The van der Waals surface area contributed by atoms with Crippen molar-refractivity contribution in [3.63, 3.8) is 0 Å². The highest BCUT2D eigenvalue weighted by molar-refractivity contribution is 6.06. The zero-order chi connectivity index (χ0) is 13.9. The van der Waals surface area contributed by atoms with E-state index in [1.807, 2.05) is 0 Å². The van der Waals surface area contributed by atoms with Gasteiger partial charge in [-0.2, -0.15) is 0 Å². The highest BCUT2D eigenvalue weighted by atomic mass is 16.5. The van der Waals surface area contributed by atoms with E-state index in [1.165, 1.54) is 26.2 Å². The number of carbonyl (C=O) groups excluding carboxylic acids is 1. The second-order valence-electron chi connectivity index (χ2n) is 3.88. The quantitative estimate of drug-likeness (QED) is 0.719. The van der Waals surface area contributed by atoms with Gasteiger partial charge in [0.25, 0.3) is 0 Å². The third-order valence-corrected chi connectivity index (χ3v) is 2.53. The highest BCUT2D eigenvalue weighted by Gasteiger charge is 2.34. The van der Waals surface area contributed by atoms with Crippen LogP contribution in [0.3, 0.4) is 0 Å². The van der Waals surface area contributed by atoms with Gasteiger partial charge in [0.1, 0.15) is 5.41 Å². The van der Waals surface area contributed by atoms with E-state index in [4.69, 9.17) is 10.2 Å². The Morgan fingerprint density at radius 3 is 2.17 bits per heavy atom. The molecule has 0 amide bonds. The minimum atomic E-state index is -1.41. The zero-order valence-corrected chi connectivity index (χ0v) is 9.84. The van der Waals surface area contributed by atoms with Crippen molar-refractivity contribution in [2.75, 3.05) is 7.11 Å². The molecule has 1 aliphatic rings. The molecule has 1 aliphatic carbocycles. The molecule has 1 rings (SSSR count). The molecule has 0 aromatic rings. The minimum absolute atomic E-state index is 0.383. The van der Waals surface area contributed by atoms with Crippen molar-refractivity contribution in [3.8, 4) is 0 Å². The van der Waals surface area contributed by atoms with Crippen molar-refractivity contribution in [2.24, 2.45) is 5.41 Å². The normalized spacial score (nSPS) is 22.6. The van der Waals surface area contributed by atoms with Crippen molar-refractivity contribution in [3.05, 3.63) is 35.5 Å². The number of methoxy groups -OCH3 is 1. The van der Waals surface area contributed by atoms with Crippen LogP contribution in [0.1, 0.15) is 6.92 Å². The molecular formula is C12H12O6. The van der Waals surface area contributed by atoms with E-state index in [9.17, 15) is 14.4 Å². The summed E-state index contributed by atoms with van der Waals surface area (Å²) >= 11 is 0. The molecule has 6 heteroatoms. The number of allylic oxidation sites excluding steroid dienone is 2. The molecule has 1 unspecified atom stereocenters. The van der Waals surface area contributed by atoms with Crippen LogP contribution in [0, 0.1) is 5.41 Å². The van der Waals surface area contributed by atoms with E-state index >= 15 is 0 Å². The maximum Gasteiger partial charge on any atom is 0.336 e. The minimum Gasteiger partial charge on any atom is -0.478 e. The molecule has 0 aliphatic heterocycles. The lowest BCUT2D eigenvalue weighted by molar-refractivity contribution is -0.146. The summed E-state index contributed by atoms with van der Waals surface area (Å²) in [6.07, 6.45) is 4.92. The van der Waals surface area contributed by atoms with E-state index in [0.29, 0.717) is 0 Å². The fourth-order valence-corrected chi connectivity index (χ4v) is 1.57. The van der Waals surface area contributed by atoms with Gasteiger partial charge in [-0.05, 0) is 19.1 Å². The van der Waals surface area contributed by atoms with Gasteiger partial charge in [0.05, 0.1) is 18.3 Å². The van der Waals surface area contributed by atoms with Gasteiger partial charge >= 0.3 is 17.9 Å². The summed E-state index contributed by atoms with van der Waals surface area (Å²) in [7, 11) is 1.17. The maximum absolute atomic E-state index is 11.6. The van der Waals surface area contributed by atoms with Crippen LogP contribution in [0.25, 0.3) is 0 Å². The summed E-state index contributed by atoms with van der Waals surface area (Å²) in [6, 6.07) is 0. The van der Waals surface area contributed by atoms with Crippen molar-refractivity contribution >= 4 is 17.9 Å². The standard InChI is InChI=1S/C12H12O6/c1-12(11(17)18-2)5-3-4-7(9(13)14)8(6-12)10(15)16/h3-6H,1-2H3,(H,13,14)(H,15,16). The number of carboxylic acids is 2. The van der Waals surface area contributed by atoms with Crippen LogP contribution in [0.4, 0.5) is 0 Å². The lowest BCUT2D eigenvalue weighted by atomic mass is 9.87. The monoisotopic (exact) mass is 252 g/mol. The van der Waals surface area contributed by atoms with Crippen molar-refractivity contribution in [2.45, 2.75) is 6.92 Å². The Morgan fingerprint density at radius 2 is 1.72 bits per heavy atom. The number of carboxylic acid groups (broad SMARTS) is 2. The predicted octanol–water partition coefficient (Wildman–Crippen LogP) is 0.757. The molecule has 0 spiro atoms. The first kappa shape index (κ1) is 13.7. The predicted molar refractivity (Wildman–Crippen MR) is 60.7 cm³/mol. The number of carbonyl (C=O) groups is 3. The summed E-state index contributed by atoms with van der Waals surface area (Å²) in [5, 5.41) is 17.9. The number of esters is 1. The fourth-order valence-electron chi connectivity index (χ4n) is 1.57. The molecule has 0 bridgehead atoms. The second kappa shape index (κ2) is 4.87. The average molecular weight is 252 g/mol. The molecule has 0 fully saturated rings. The zero-order valence-electron chi connectivity index (χ0n) is 9.84. The number of hydrogen-bond acceptors (Lipinski definition) is 4. The molecule has 0 radical (unpaired) electrons. The Kier molecular flexibility index (Phi) is 3.70. The van der Waals surface area contributed by atoms with Gasteiger partial charge in [0.2, 0.25) is 0 Å². The first-order valence-electron chi connectivity index (χ1n) is 4.99. The summed E-state index contributed by atoms with van der Waals surface area (Å²) in [5.74, 6) is -3.46. The van der Waals surface area contributed by atoms with Gasteiger partial charge in [-0.3, -0.25) is 4.79 Å². The number of aliphatic carboxylic acids is 2. The van der Waals surface area contributed by atoms with Crippen molar-refractivity contribution in [1.82, 2.24) is 0 Å². The van der Waals surface area contributed by atoms with Crippen molar-refractivity contribution in [1.29, 1.82) is 0 Å². The summed E-state index contributed by atoms with van der Waals surface area (Å²) < 4.78 is 4.57. The van der Waals surface area contributed by atoms with Crippen LogP contribution < -0.4 is 0 Å². The van der Waals surface area contributed by atoms with Crippen LogP contribution in [-0.2, 0) is 19.1 Å². The van der Waals surface area contributed by atoms with Gasteiger partial charge in [-0.15, -0.1) is 0 Å². The topological polar surface area (TPSA) is 101 Å². The van der Waals surface area contributed by atoms with Gasteiger partial charge in [0, 0.05) is 0 Å². The number of hydrogen-bond donors (Lipinski definition) is 2. The van der Waals surface area contributed by atoms with Gasteiger partial charge < -0.3 is 14.9 Å². The van der Waals surface area contributed by atoms with Gasteiger partial charge in [-0.1, -0.05) is 12.2 Å². The smallest absolute Gasteiger partial charge is 0.336 e. The van der Waals surface area contributed by atoms with E-state index in [0.717, 1.165) is 12.2 Å². The first-order valence-corrected chi connectivity index (χ1v) is 4.99. The van der Waals surface area contributed by atoms with E-state index in [2.05, 4.69) is 4.74 Å². The van der Waals surface area contributed by atoms with E-state index in [-0.39, 0.29) is 5.57 Å². The van der Waals surface area contributed by atoms with Gasteiger partial charge in [-0.25, -0.2) is 9.59 Å². The molecule has 2 N–H and O–H groups in total. The van der Waals surface area contributed by atoms with Crippen LogP contribution in [0.2, 0.25) is 0 Å². The fraction of sp³-hybridized carbons (Fsp3) is 0.250. The molecule has 0 aromatic carbocycles. The maximum atomic E-state index is 11.6. The Morgan fingerprint density at radius 1 is 1.17 bits per heavy atom. The van der Waals surface area contributed by atoms with E-state index in [1.54, 1.807) is 0 Å². The third kappa shape index (κ3) is 2.48. The molecule has 1 atom stereocenters. The van der Waals surface area contributed by atoms with E-state index < -0.39 is 28.9 Å². The summed E-state index contributed by atoms with van der Waals surface area (Å²) in [4.78, 5) is 33.6. The lowest BCUT2D eigenvalue weighted by Crippen LogP contribution is -2.26. The van der Waals surface area contributed by atoms with Crippen LogP contribution in [-0.4, -0.2) is 35.2 Å². The third-order valence-electron chi connectivity index (χ3n) is 2.53. The van der Waals surface area contributed by atoms with Gasteiger partial charge in [0.15, 0.2) is 0 Å². The number of ether oxygens (including phenoxy) is 1. The molecule has 0 saturated heterocycles.